The van der Waals surface area contributed by atoms with Crippen LogP contribution in [0, 0.1) is 0 Å². The molecule has 156 valence electrons. The topological polar surface area (TPSA) is 51.7 Å². The zero-order valence-corrected chi connectivity index (χ0v) is 18.4. The zero-order valence-electron chi connectivity index (χ0n) is 17.6. The molecule has 0 bridgehead atoms. The van der Waals surface area contributed by atoms with Gasteiger partial charge in [-0.05, 0) is 44.1 Å². The van der Waals surface area contributed by atoms with Crippen molar-refractivity contribution in [3.63, 3.8) is 0 Å². The molecule has 0 saturated carbocycles. The van der Waals surface area contributed by atoms with Gasteiger partial charge in [0.05, 0.1) is 17.1 Å². The number of nitrogens with one attached hydrogen (secondary N) is 3. The van der Waals surface area contributed by atoms with E-state index in [0.29, 0.717) is 12.6 Å². The van der Waals surface area contributed by atoms with E-state index in [1.807, 2.05) is 25.3 Å². The maximum absolute atomic E-state index is 6.58. The molecule has 1 unspecified atom stereocenters. The van der Waals surface area contributed by atoms with Gasteiger partial charge >= 0.3 is 0 Å². The fourth-order valence-corrected chi connectivity index (χ4v) is 4.03. The molecule has 2 heterocycles. The number of aliphatic imine (C=N–C) groups is 1. The van der Waals surface area contributed by atoms with Crippen molar-refractivity contribution in [1.29, 1.82) is 0 Å². The Kier molecular flexibility index (Phi) is 7.78. The lowest BCUT2D eigenvalue weighted by atomic mass is 9.98. The second-order valence-electron chi connectivity index (χ2n) is 7.44. The van der Waals surface area contributed by atoms with Gasteiger partial charge in [-0.1, -0.05) is 30.7 Å². The summed E-state index contributed by atoms with van der Waals surface area (Å²) >= 11 is 6.58. The molecule has 1 atom stereocenters. The Morgan fingerprint density at radius 1 is 1.38 bits per heavy atom. The summed E-state index contributed by atoms with van der Waals surface area (Å²) in [4.78, 5) is 7.04. The Balaban J connectivity index is 1.73. The normalized spacial score (nSPS) is 25.5. The van der Waals surface area contributed by atoms with Gasteiger partial charge < -0.3 is 20.9 Å². The van der Waals surface area contributed by atoms with Crippen molar-refractivity contribution in [2.24, 2.45) is 4.99 Å². The van der Waals surface area contributed by atoms with Crippen molar-refractivity contribution in [3.05, 3.63) is 70.4 Å². The van der Waals surface area contributed by atoms with Gasteiger partial charge in [-0.3, -0.25) is 4.99 Å². The van der Waals surface area contributed by atoms with Crippen molar-refractivity contribution < 1.29 is 0 Å². The third-order valence-corrected chi connectivity index (χ3v) is 5.38. The number of halogens is 1. The molecule has 3 rings (SSSR count). The van der Waals surface area contributed by atoms with Crippen LogP contribution in [0.5, 0.6) is 0 Å². The van der Waals surface area contributed by atoms with E-state index in [1.165, 1.54) is 5.70 Å². The first-order valence-corrected chi connectivity index (χ1v) is 10.8. The molecular weight excluding hydrogens is 382 g/mol. The van der Waals surface area contributed by atoms with Crippen LogP contribution >= 0.6 is 11.6 Å². The standard InChI is InChI=1S/C23H32ClN5/c1-4-6-19-20(24)12-18(13-21(19)27-8-5-2)14-28-22-15-25-9-7-23(22)29-11-10-26-17(3)16-29/h5-8,12-13,15,17,25-26,28H,4,9-11,14,16H2,1-3H3/b8-5-,19-6+,27-21+. The minimum absolute atomic E-state index is 0.498. The van der Waals surface area contributed by atoms with Crippen LogP contribution in [0.2, 0.25) is 0 Å². The quantitative estimate of drug-likeness (QED) is 0.623. The number of piperazine rings is 1. The lowest BCUT2D eigenvalue weighted by Crippen LogP contribution is -2.50. The molecule has 3 N–H and O–H groups in total. The van der Waals surface area contributed by atoms with E-state index in [1.54, 1.807) is 0 Å². The van der Waals surface area contributed by atoms with Crippen LogP contribution in [0.15, 0.2) is 75.3 Å². The second kappa shape index (κ2) is 10.5. The molecule has 0 spiro atoms. The molecule has 6 heteroatoms. The van der Waals surface area contributed by atoms with Crippen molar-refractivity contribution in [2.45, 2.75) is 33.2 Å². The van der Waals surface area contributed by atoms with Crippen LogP contribution in [0.3, 0.4) is 0 Å². The van der Waals surface area contributed by atoms with E-state index in [-0.39, 0.29) is 0 Å². The average Bonchev–Trinajstić information content (AvgIpc) is 2.73. The predicted molar refractivity (Wildman–Crippen MR) is 124 cm³/mol. The van der Waals surface area contributed by atoms with Gasteiger partial charge in [-0.15, -0.1) is 0 Å². The van der Waals surface area contributed by atoms with Crippen molar-refractivity contribution in [1.82, 2.24) is 20.9 Å². The minimum atomic E-state index is 0.498. The molecule has 3 aliphatic rings. The van der Waals surface area contributed by atoms with Gasteiger partial charge in [0, 0.05) is 61.8 Å². The summed E-state index contributed by atoms with van der Waals surface area (Å²) in [5.41, 5.74) is 5.43. The largest absolute Gasteiger partial charge is 0.386 e. The molecular formula is C23H32ClN5. The molecule has 0 radical (unpaired) electrons. The Hall–Kier alpha value is -2.24. The zero-order chi connectivity index (χ0) is 20.6. The van der Waals surface area contributed by atoms with Gasteiger partial charge in [-0.2, -0.15) is 0 Å². The van der Waals surface area contributed by atoms with Gasteiger partial charge in [-0.25, -0.2) is 0 Å². The Morgan fingerprint density at radius 2 is 2.24 bits per heavy atom. The average molecular weight is 414 g/mol. The molecule has 0 aromatic heterocycles. The van der Waals surface area contributed by atoms with E-state index in [9.17, 15) is 0 Å². The van der Waals surface area contributed by atoms with Gasteiger partial charge in [0.1, 0.15) is 0 Å². The van der Waals surface area contributed by atoms with E-state index in [2.05, 4.69) is 64.1 Å². The number of hydrogen-bond donors (Lipinski definition) is 3. The first-order chi connectivity index (χ1) is 14.1. The number of hydrogen-bond acceptors (Lipinski definition) is 5. The Labute approximate surface area is 179 Å². The SMILES string of the molecule is C\C=C/N=C1\C=C(CNC2=CNCC=C2N2CCNC(C)C2)C=C(Cl)\C1=C/CC. The lowest BCUT2D eigenvalue weighted by molar-refractivity contribution is 0.256. The number of nitrogens with zero attached hydrogens (tertiary/aromatic N) is 2. The summed E-state index contributed by atoms with van der Waals surface area (Å²) in [6.45, 7) is 10.9. The fourth-order valence-electron chi connectivity index (χ4n) is 3.72. The summed E-state index contributed by atoms with van der Waals surface area (Å²) < 4.78 is 0. The van der Waals surface area contributed by atoms with E-state index < -0.39 is 0 Å². The third-order valence-electron chi connectivity index (χ3n) is 5.07. The molecule has 29 heavy (non-hydrogen) atoms. The van der Waals surface area contributed by atoms with Crippen LogP contribution in [0.1, 0.15) is 27.2 Å². The van der Waals surface area contributed by atoms with E-state index in [0.717, 1.165) is 60.2 Å². The molecule has 1 saturated heterocycles. The van der Waals surface area contributed by atoms with E-state index in [4.69, 9.17) is 11.6 Å². The predicted octanol–water partition coefficient (Wildman–Crippen LogP) is 3.57. The highest BCUT2D eigenvalue weighted by molar-refractivity contribution is 6.38. The van der Waals surface area contributed by atoms with Gasteiger partial charge in [0.15, 0.2) is 0 Å². The summed E-state index contributed by atoms with van der Waals surface area (Å²) in [6.07, 6.45) is 15.3. The van der Waals surface area contributed by atoms with Gasteiger partial charge in [0.25, 0.3) is 0 Å². The van der Waals surface area contributed by atoms with Crippen LogP contribution in [-0.4, -0.2) is 49.4 Å². The van der Waals surface area contributed by atoms with Crippen molar-refractivity contribution in [3.8, 4) is 0 Å². The molecule has 5 nitrogen and oxygen atoms in total. The highest BCUT2D eigenvalue weighted by Crippen LogP contribution is 2.26. The monoisotopic (exact) mass is 413 g/mol. The van der Waals surface area contributed by atoms with Crippen molar-refractivity contribution in [2.75, 3.05) is 32.7 Å². The van der Waals surface area contributed by atoms with Gasteiger partial charge in [0.2, 0.25) is 0 Å². The highest BCUT2D eigenvalue weighted by atomic mass is 35.5. The molecule has 0 aromatic rings. The maximum Gasteiger partial charge on any atom is 0.0737 e. The summed E-state index contributed by atoms with van der Waals surface area (Å²) in [5, 5.41) is 11.2. The third kappa shape index (κ3) is 5.64. The summed E-state index contributed by atoms with van der Waals surface area (Å²) in [5.74, 6) is 0. The maximum atomic E-state index is 6.58. The van der Waals surface area contributed by atoms with Crippen LogP contribution in [0.4, 0.5) is 0 Å². The fraction of sp³-hybridized carbons (Fsp3) is 0.435. The molecule has 0 amide bonds. The summed E-state index contributed by atoms with van der Waals surface area (Å²) in [6, 6.07) is 0.498. The lowest BCUT2D eigenvalue weighted by Gasteiger charge is -2.37. The van der Waals surface area contributed by atoms with Crippen molar-refractivity contribution >= 4 is 17.3 Å². The first-order valence-electron chi connectivity index (χ1n) is 10.5. The number of dihydropyridines is 1. The minimum Gasteiger partial charge on any atom is -0.386 e. The number of allylic oxidation sites excluding steroid dienone is 5. The molecule has 1 aliphatic carbocycles. The highest BCUT2D eigenvalue weighted by Gasteiger charge is 2.22. The smallest absolute Gasteiger partial charge is 0.0737 e. The molecule has 1 fully saturated rings. The Morgan fingerprint density at radius 3 is 3.00 bits per heavy atom. The number of rotatable bonds is 6. The molecule has 2 aliphatic heterocycles. The first kappa shape index (κ1) is 21.5. The van der Waals surface area contributed by atoms with Crippen LogP contribution < -0.4 is 16.0 Å². The summed E-state index contributed by atoms with van der Waals surface area (Å²) in [7, 11) is 0. The second-order valence-corrected chi connectivity index (χ2v) is 7.85. The Bertz CT molecular complexity index is 813. The van der Waals surface area contributed by atoms with E-state index >= 15 is 0 Å². The van der Waals surface area contributed by atoms with Crippen LogP contribution in [0.25, 0.3) is 0 Å². The molecule has 0 aromatic carbocycles. The van der Waals surface area contributed by atoms with Crippen LogP contribution in [-0.2, 0) is 0 Å².